The number of alkyl halides is 3. The molecule has 0 saturated heterocycles. The molecule has 0 amide bonds. The van der Waals surface area contributed by atoms with Crippen molar-refractivity contribution >= 4 is 40.2 Å². The van der Waals surface area contributed by atoms with Crippen molar-refractivity contribution in [3.63, 3.8) is 0 Å². The van der Waals surface area contributed by atoms with Gasteiger partial charge in [0.1, 0.15) is 11.6 Å². The highest BCUT2D eigenvalue weighted by Crippen LogP contribution is 2.28. The normalized spacial score (nSPS) is 11.0. The number of carbonyl (C=O) groups is 1. The van der Waals surface area contributed by atoms with Gasteiger partial charge in [-0.1, -0.05) is 0 Å². The SMILES string of the molecule is COc1cc(Nc2ncc(F)c(Nc3ccc4oc(=O)[nH]c4c3)n2)c(F)cc1C.O=C(O)C(F)(F)F. The summed E-state index contributed by atoms with van der Waals surface area (Å²) in [5.41, 5.74) is 1.99. The van der Waals surface area contributed by atoms with Gasteiger partial charge in [0.2, 0.25) is 5.95 Å². The van der Waals surface area contributed by atoms with E-state index in [0.29, 0.717) is 28.1 Å². The number of aliphatic carboxylic acids is 1. The highest BCUT2D eigenvalue weighted by Gasteiger charge is 2.38. The summed E-state index contributed by atoms with van der Waals surface area (Å²) in [6.07, 6.45) is -4.13. The monoisotopic (exact) mass is 513 g/mol. The fourth-order valence-electron chi connectivity index (χ4n) is 2.77. The van der Waals surface area contributed by atoms with Gasteiger partial charge in [-0.3, -0.25) is 4.98 Å². The number of benzene rings is 2. The fourth-order valence-corrected chi connectivity index (χ4v) is 2.77. The Morgan fingerprint density at radius 2 is 1.83 bits per heavy atom. The first-order valence-corrected chi connectivity index (χ1v) is 9.71. The number of oxazole rings is 1. The average molecular weight is 513 g/mol. The molecule has 4 aromatic rings. The average Bonchev–Trinajstić information content (AvgIpc) is 3.17. The summed E-state index contributed by atoms with van der Waals surface area (Å²) in [5, 5.41) is 12.6. The van der Waals surface area contributed by atoms with E-state index >= 15 is 0 Å². The zero-order chi connectivity index (χ0) is 26.6. The van der Waals surface area contributed by atoms with E-state index in [1.165, 1.54) is 19.2 Å². The van der Waals surface area contributed by atoms with Crippen molar-refractivity contribution < 1.29 is 41.0 Å². The quantitative estimate of drug-likeness (QED) is 0.281. The molecule has 0 aliphatic carbocycles. The third-order valence-electron chi connectivity index (χ3n) is 4.40. The number of methoxy groups -OCH3 is 1. The molecule has 2 aromatic carbocycles. The van der Waals surface area contributed by atoms with Crippen LogP contribution in [0.15, 0.2) is 45.7 Å². The molecule has 4 N–H and O–H groups in total. The summed E-state index contributed by atoms with van der Waals surface area (Å²) in [6.45, 7) is 1.71. The number of fused-ring (bicyclic) bond motifs is 1. The van der Waals surface area contributed by atoms with E-state index in [0.717, 1.165) is 6.20 Å². The first-order chi connectivity index (χ1) is 16.9. The van der Waals surface area contributed by atoms with E-state index in [-0.39, 0.29) is 17.5 Å². The molecule has 0 spiro atoms. The summed E-state index contributed by atoms with van der Waals surface area (Å²) < 4.78 is 70.3. The molecule has 0 saturated carbocycles. The number of carboxylic acid groups (broad SMARTS) is 1. The van der Waals surface area contributed by atoms with Gasteiger partial charge in [-0.05, 0) is 36.8 Å². The Hall–Kier alpha value is -4.69. The highest BCUT2D eigenvalue weighted by atomic mass is 19.4. The molecular weight excluding hydrogens is 497 g/mol. The van der Waals surface area contributed by atoms with Crippen LogP contribution >= 0.6 is 0 Å². The molecule has 0 bridgehead atoms. The van der Waals surface area contributed by atoms with E-state index in [2.05, 4.69) is 25.6 Å². The van der Waals surface area contributed by atoms with Gasteiger partial charge in [0.05, 0.1) is 24.5 Å². The molecule has 0 aliphatic heterocycles. The molecule has 36 heavy (non-hydrogen) atoms. The van der Waals surface area contributed by atoms with Crippen molar-refractivity contribution in [3.05, 3.63) is 64.3 Å². The smallest absolute Gasteiger partial charge is 0.490 e. The van der Waals surface area contributed by atoms with E-state index < -0.39 is 29.5 Å². The third-order valence-corrected chi connectivity index (χ3v) is 4.40. The Bertz CT molecular complexity index is 1470. The second-order valence-electron chi connectivity index (χ2n) is 6.97. The number of hydrogen-bond acceptors (Lipinski definition) is 8. The van der Waals surface area contributed by atoms with Crippen LogP contribution in [0.5, 0.6) is 5.75 Å². The number of ether oxygens (including phenoxy) is 1. The number of nitrogens with one attached hydrogen (secondary N) is 3. The van der Waals surface area contributed by atoms with Crippen LogP contribution in [-0.2, 0) is 4.79 Å². The lowest BCUT2D eigenvalue weighted by Crippen LogP contribution is -2.21. The van der Waals surface area contributed by atoms with Crippen LogP contribution in [0, 0.1) is 18.6 Å². The van der Waals surface area contributed by atoms with Gasteiger partial charge in [0, 0.05) is 11.8 Å². The predicted molar refractivity (Wildman–Crippen MR) is 117 cm³/mol. The van der Waals surface area contributed by atoms with Crippen molar-refractivity contribution in [2.75, 3.05) is 17.7 Å². The van der Waals surface area contributed by atoms with E-state index in [1.807, 2.05) is 0 Å². The summed E-state index contributed by atoms with van der Waals surface area (Å²) in [4.78, 5) is 30.6. The standard InChI is InChI=1S/C19H15F2N5O3.C2HF3O2/c1-9-5-11(20)13(7-16(9)28-2)24-18-22-8-12(21)17(26-18)23-10-3-4-15-14(6-10)25-19(27)29-15;3-2(4,5)1(6)7/h3-8H,1-2H3,(H,25,27)(H2,22,23,24,26);(H,6,7). The fraction of sp³-hybridized carbons (Fsp3) is 0.143. The number of rotatable bonds is 5. The van der Waals surface area contributed by atoms with Crippen molar-refractivity contribution in [3.8, 4) is 5.75 Å². The van der Waals surface area contributed by atoms with Crippen LogP contribution < -0.4 is 21.1 Å². The van der Waals surface area contributed by atoms with E-state index in [4.69, 9.17) is 19.1 Å². The molecule has 0 fully saturated rings. The molecule has 0 aliphatic rings. The summed E-state index contributed by atoms with van der Waals surface area (Å²) in [5.74, 6) is -4.25. The lowest BCUT2D eigenvalue weighted by Gasteiger charge is -2.12. The summed E-state index contributed by atoms with van der Waals surface area (Å²) in [7, 11) is 1.48. The van der Waals surface area contributed by atoms with E-state index in [1.54, 1.807) is 25.1 Å². The molecule has 0 unspecified atom stereocenters. The molecule has 190 valence electrons. The summed E-state index contributed by atoms with van der Waals surface area (Å²) >= 11 is 0. The minimum absolute atomic E-state index is 0.0171. The van der Waals surface area contributed by atoms with Gasteiger partial charge in [-0.25, -0.2) is 23.4 Å². The zero-order valence-electron chi connectivity index (χ0n) is 18.3. The predicted octanol–water partition coefficient (Wildman–Crippen LogP) is 4.63. The maximum atomic E-state index is 14.2. The topological polar surface area (TPSA) is 142 Å². The van der Waals surface area contributed by atoms with Crippen LogP contribution in [0.2, 0.25) is 0 Å². The van der Waals surface area contributed by atoms with Crippen LogP contribution in [0.3, 0.4) is 0 Å². The Labute approximate surface area is 197 Å². The van der Waals surface area contributed by atoms with Crippen LogP contribution in [0.1, 0.15) is 5.56 Å². The summed E-state index contributed by atoms with van der Waals surface area (Å²) in [6, 6.07) is 7.50. The van der Waals surface area contributed by atoms with Crippen LogP contribution in [-0.4, -0.2) is 39.3 Å². The third kappa shape index (κ3) is 6.25. The van der Waals surface area contributed by atoms with Crippen molar-refractivity contribution in [1.29, 1.82) is 0 Å². The number of halogens is 5. The number of hydrogen-bond donors (Lipinski definition) is 4. The Morgan fingerprint density at radius 3 is 2.47 bits per heavy atom. The number of aryl methyl sites for hydroxylation is 1. The Morgan fingerprint density at radius 1 is 1.14 bits per heavy atom. The van der Waals surface area contributed by atoms with Gasteiger partial charge < -0.3 is 24.9 Å². The molecule has 2 heterocycles. The van der Waals surface area contributed by atoms with Gasteiger partial charge in [-0.15, -0.1) is 0 Å². The van der Waals surface area contributed by atoms with Crippen molar-refractivity contribution in [1.82, 2.24) is 15.0 Å². The minimum atomic E-state index is -5.08. The zero-order valence-corrected chi connectivity index (χ0v) is 18.3. The largest absolute Gasteiger partial charge is 0.496 e. The first kappa shape index (κ1) is 25.9. The molecule has 10 nitrogen and oxygen atoms in total. The van der Waals surface area contributed by atoms with E-state index in [9.17, 15) is 26.7 Å². The first-order valence-electron chi connectivity index (χ1n) is 9.71. The minimum Gasteiger partial charge on any atom is -0.496 e. The lowest BCUT2D eigenvalue weighted by molar-refractivity contribution is -0.192. The maximum absolute atomic E-state index is 14.2. The van der Waals surface area contributed by atoms with Gasteiger partial charge in [0.15, 0.2) is 17.2 Å². The second-order valence-corrected chi connectivity index (χ2v) is 6.97. The number of aromatic nitrogens is 3. The number of aromatic amines is 1. The molecule has 2 aromatic heterocycles. The molecule has 0 atom stereocenters. The molecule has 4 rings (SSSR count). The molecular formula is C21H16F5N5O5. The lowest BCUT2D eigenvalue weighted by atomic mass is 10.2. The second kappa shape index (κ2) is 10.3. The van der Waals surface area contributed by atoms with Gasteiger partial charge >= 0.3 is 17.9 Å². The number of anilines is 4. The van der Waals surface area contributed by atoms with Crippen molar-refractivity contribution in [2.24, 2.45) is 0 Å². The van der Waals surface area contributed by atoms with Crippen molar-refractivity contribution in [2.45, 2.75) is 13.1 Å². The Balaban J connectivity index is 0.000000454. The van der Waals surface area contributed by atoms with Gasteiger partial charge in [-0.2, -0.15) is 18.2 Å². The van der Waals surface area contributed by atoms with Gasteiger partial charge in [0.25, 0.3) is 0 Å². The Kier molecular flexibility index (Phi) is 7.41. The number of nitrogens with zero attached hydrogens (tertiary/aromatic N) is 2. The highest BCUT2D eigenvalue weighted by molar-refractivity contribution is 5.78. The number of H-pyrrole nitrogens is 1. The maximum Gasteiger partial charge on any atom is 0.490 e. The van der Waals surface area contributed by atoms with Crippen LogP contribution in [0.25, 0.3) is 11.1 Å². The molecule has 15 heteroatoms. The molecule has 0 radical (unpaired) electrons. The van der Waals surface area contributed by atoms with Crippen LogP contribution in [0.4, 0.5) is 45.1 Å². The number of carboxylic acids is 1.